The van der Waals surface area contributed by atoms with Crippen molar-refractivity contribution in [1.82, 2.24) is 15.5 Å². The molecule has 0 aromatic heterocycles. The molecule has 1 saturated heterocycles. The molecule has 1 fully saturated rings. The van der Waals surface area contributed by atoms with Crippen LogP contribution < -0.4 is 10.6 Å². The summed E-state index contributed by atoms with van der Waals surface area (Å²) >= 11 is 0. The van der Waals surface area contributed by atoms with Gasteiger partial charge in [0.1, 0.15) is 18.0 Å². The highest BCUT2D eigenvalue weighted by molar-refractivity contribution is 5.97. The van der Waals surface area contributed by atoms with Gasteiger partial charge in [-0.2, -0.15) is 0 Å². The van der Waals surface area contributed by atoms with E-state index >= 15 is 0 Å². The van der Waals surface area contributed by atoms with Crippen molar-refractivity contribution >= 4 is 17.7 Å². The fourth-order valence-corrected chi connectivity index (χ4v) is 4.21. The summed E-state index contributed by atoms with van der Waals surface area (Å²) in [5.74, 6) is -1.92. The summed E-state index contributed by atoms with van der Waals surface area (Å²) in [6.07, 6.45) is -2.44. The predicted octanol–water partition coefficient (Wildman–Crippen LogP) is 1.87. The van der Waals surface area contributed by atoms with Gasteiger partial charge in [0.15, 0.2) is 6.10 Å². The maximum absolute atomic E-state index is 14.2. The number of likely N-dealkylation sites (tertiary alicyclic amines) is 1. The minimum absolute atomic E-state index is 0.0547. The van der Waals surface area contributed by atoms with Gasteiger partial charge in [-0.25, -0.2) is 4.39 Å². The molecular formula is C26H32FN3O5. The van der Waals surface area contributed by atoms with E-state index in [2.05, 4.69) is 10.6 Å². The van der Waals surface area contributed by atoms with E-state index < -0.39 is 42.1 Å². The summed E-state index contributed by atoms with van der Waals surface area (Å²) < 4.78 is 14.2. The van der Waals surface area contributed by atoms with Crippen molar-refractivity contribution in [2.45, 2.75) is 57.5 Å². The van der Waals surface area contributed by atoms with E-state index in [1.807, 2.05) is 13.0 Å². The third kappa shape index (κ3) is 6.36. The number of nitrogens with zero attached hydrogens (tertiary/aromatic N) is 1. The molecule has 3 rings (SSSR count). The van der Waals surface area contributed by atoms with Crippen LogP contribution in [0, 0.1) is 6.92 Å². The fraction of sp³-hybridized carbons (Fsp3) is 0.423. The molecule has 0 radical (unpaired) electrons. The molecular weight excluding hydrogens is 453 g/mol. The minimum Gasteiger partial charge on any atom is -0.508 e. The highest BCUT2D eigenvalue weighted by Gasteiger charge is 2.43. The maximum Gasteiger partial charge on any atom is 0.254 e. The van der Waals surface area contributed by atoms with Gasteiger partial charge in [-0.15, -0.1) is 0 Å². The second-order valence-corrected chi connectivity index (χ2v) is 8.79. The molecule has 8 nitrogen and oxygen atoms in total. The van der Waals surface area contributed by atoms with Crippen LogP contribution in [0.3, 0.4) is 0 Å². The maximum atomic E-state index is 14.2. The number of carbonyl (C=O) groups excluding carboxylic acids is 3. The fourth-order valence-electron chi connectivity index (χ4n) is 4.21. The van der Waals surface area contributed by atoms with Crippen LogP contribution in [-0.4, -0.2) is 70.3 Å². The SMILES string of the molecule is CCCNC(=O)[C@@H]1C[C@H](F)CN1C(=O)[C@@H](O)[C@H](Cc1ccccc1)NC(=O)c1cccc(O)c1C. The number of amides is 3. The Balaban J connectivity index is 1.84. The number of phenols is 1. The number of nitrogens with one attached hydrogen (secondary N) is 2. The van der Waals surface area contributed by atoms with Gasteiger partial charge < -0.3 is 25.7 Å². The number of carbonyl (C=O) groups is 3. The topological polar surface area (TPSA) is 119 Å². The molecule has 0 unspecified atom stereocenters. The van der Waals surface area contributed by atoms with Gasteiger partial charge in [0, 0.05) is 24.1 Å². The standard InChI is InChI=1S/C26H32FN3O5/c1-3-12-28-25(34)21-14-18(27)15-30(21)26(35)23(32)20(13-17-8-5-4-6-9-17)29-24(33)19-10-7-11-22(31)16(19)2/h4-11,18,20-21,23,31-32H,3,12-15H2,1-2H3,(H,28,34)(H,29,33)/t18-,20-,21-,23-/m0/s1. The summed E-state index contributed by atoms with van der Waals surface area (Å²) in [5, 5.41) is 26.4. The Hall–Kier alpha value is -3.46. The zero-order valence-electron chi connectivity index (χ0n) is 19.9. The first-order valence-corrected chi connectivity index (χ1v) is 11.8. The quantitative estimate of drug-likeness (QED) is 0.432. The number of aliphatic hydroxyl groups excluding tert-OH is 1. The van der Waals surface area contributed by atoms with Gasteiger partial charge in [-0.05, 0) is 37.5 Å². The molecule has 35 heavy (non-hydrogen) atoms. The number of hydrogen-bond donors (Lipinski definition) is 4. The second kappa shape index (κ2) is 11.8. The molecule has 4 atom stereocenters. The van der Waals surface area contributed by atoms with Crippen molar-refractivity contribution in [2.24, 2.45) is 0 Å². The average molecular weight is 486 g/mol. The lowest BCUT2D eigenvalue weighted by molar-refractivity contribution is -0.146. The van der Waals surface area contributed by atoms with E-state index in [-0.39, 0.29) is 30.7 Å². The highest BCUT2D eigenvalue weighted by atomic mass is 19.1. The number of phenolic OH excluding ortho intramolecular Hbond substituents is 1. The van der Waals surface area contributed by atoms with Gasteiger partial charge in [0.05, 0.1) is 12.6 Å². The molecule has 188 valence electrons. The van der Waals surface area contributed by atoms with Crippen LogP contribution >= 0.6 is 0 Å². The average Bonchev–Trinajstić information content (AvgIpc) is 3.25. The van der Waals surface area contributed by atoms with E-state index in [0.29, 0.717) is 18.5 Å². The minimum atomic E-state index is -1.72. The molecule has 9 heteroatoms. The molecule has 1 aliphatic heterocycles. The van der Waals surface area contributed by atoms with E-state index in [0.717, 1.165) is 10.5 Å². The van der Waals surface area contributed by atoms with Crippen molar-refractivity contribution in [2.75, 3.05) is 13.1 Å². The van der Waals surface area contributed by atoms with Crippen LogP contribution in [0.5, 0.6) is 5.75 Å². The normalized spacial score (nSPS) is 19.1. The molecule has 1 heterocycles. The second-order valence-electron chi connectivity index (χ2n) is 8.79. The molecule has 0 saturated carbocycles. The van der Waals surface area contributed by atoms with E-state index in [4.69, 9.17) is 0 Å². The van der Waals surface area contributed by atoms with Gasteiger partial charge >= 0.3 is 0 Å². The van der Waals surface area contributed by atoms with Crippen LogP contribution in [0.25, 0.3) is 0 Å². The summed E-state index contributed by atoms with van der Waals surface area (Å²) in [7, 11) is 0. The summed E-state index contributed by atoms with van der Waals surface area (Å²) in [6, 6.07) is 11.4. The Labute approximate surface area is 204 Å². The number of aromatic hydroxyl groups is 1. The van der Waals surface area contributed by atoms with Gasteiger partial charge in [0.25, 0.3) is 11.8 Å². The van der Waals surface area contributed by atoms with Gasteiger partial charge in [-0.1, -0.05) is 43.3 Å². The zero-order chi connectivity index (χ0) is 25.5. The van der Waals surface area contributed by atoms with Crippen molar-refractivity contribution in [1.29, 1.82) is 0 Å². The third-order valence-electron chi connectivity index (χ3n) is 6.18. The van der Waals surface area contributed by atoms with Crippen molar-refractivity contribution in [3.8, 4) is 5.75 Å². The van der Waals surface area contributed by atoms with Crippen LogP contribution in [0.2, 0.25) is 0 Å². The van der Waals surface area contributed by atoms with E-state index in [1.165, 1.54) is 18.2 Å². The zero-order valence-corrected chi connectivity index (χ0v) is 19.9. The Kier molecular flexibility index (Phi) is 8.81. The van der Waals surface area contributed by atoms with Crippen LogP contribution in [0.4, 0.5) is 4.39 Å². The van der Waals surface area contributed by atoms with Gasteiger partial charge in [0.2, 0.25) is 5.91 Å². The molecule has 0 spiro atoms. The first kappa shape index (κ1) is 26.2. The Morgan fingerprint density at radius 2 is 1.86 bits per heavy atom. The number of alkyl halides is 1. The summed E-state index contributed by atoms with van der Waals surface area (Å²) in [5.41, 5.74) is 1.32. The number of aliphatic hydroxyl groups is 1. The highest BCUT2D eigenvalue weighted by Crippen LogP contribution is 2.24. The number of rotatable bonds is 9. The number of benzene rings is 2. The van der Waals surface area contributed by atoms with Crippen LogP contribution in [0.1, 0.15) is 41.3 Å². The Bertz CT molecular complexity index is 1050. The van der Waals surface area contributed by atoms with Crippen molar-refractivity contribution < 1.29 is 29.0 Å². The summed E-state index contributed by atoms with van der Waals surface area (Å²) in [6.45, 7) is 3.55. The van der Waals surface area contributed by atoms with Crippen molar-refractivity contribution in [3.05, 3.63) is 65.2 Å². The largest absolute Gasteiger partial charge is 0.508 e. The Morgan fingerprint density at radius 3 is 2.54 bits per heavy atom. The molecule has 3 amide bonds. The predicted molar refractivity (Wildman–Crippen MR) is 129 cm³/mol. The van der Waals surface area contributed by atoms with Crippen LogP contribution in [0.15, 0.2) is 48.5 Å². The van der Waals surface area contributed by atoms with Crippen LogP contribution in [-0.2, 0) is 16.0 Å². The molecule has 0 aliphatic carbocycles. The molecule has 4 N–H and O–H groups in total. The number of halogens is 1. The number of hydrogen-bond acceptors (Lipinski definition) is 5. The van der Waals surface area contributed by atoms with E-state index in [9.17, 15) is 29.0 Å². The molecule has 2 aromatic carbocycles. The summed E-state index contributed by atoms with van der Waals surface area (Å²) in [4.78, 5) is 39.9. The smallest absolute Gasteiger partial charge is 0.254 e. The first-order chi connectivity index (χ1) is 16.7. The third-order valence-corrected chi connectivity index (χ3v) is 6.18. The molecule has 1 aliphatic rings. The molecule has 2 aromatic rings. The van der Waals surface area contributed by atoms with Gasteiger partial charge in [-0.3, -0.25) is 14.4 Å². The lowest BCUT2D eigenvalue weighted by Gasteiger charge is -2.30. The monoisotopic (exact) mass is 485 g/mol. The molecule has 0 bridgehead atoms. The first-order valence-electron chi connectivity index (χ1n) is 11.8. The lowest BCUT2D eigenvalue weighted by atomic mass is 9.98. The Morgan fingerprint density at radius 1 is 1.14 bits per heavy atom. The van der Waals surface area contributed by atoms with E-state index in [1.54, 1.807) is 31.2 Å². The lowest BCUT2D eigenvalue weighted by Crippen LogP contribution is -2.55. The van der Waals surface area contributed by atoms with Crippen molar-refractivity contribution in [3.63, 3.8) is 0 Å².